The monoisotopic (exact) mass is 529 g/mol. The molecule has 0 aliphatic carbocycles. The number of nitrogens with zero attached hydrogens (tertiary/aromatic N) is 2. The van der Waals surface area contributed by atoms with Crippen molar-refractivity contribution in [3.63, 3.8) is 0 Å². The third kappa shape index (κ3) is 6.84. The summed E-state index contributed by atoms with van der Waals surface area (Å²) in [4.78, 5) is 27.7. The molecule has 2 amide bonds. The van der Waals surface area contributed by atoms with Gasteiger partial charge in [0.25, 0.3) is 0 Å². The van der Waals surface area contributed by atoms with Gasteiger partial charge in [-0.25, -0.2) is 8.42 Å². The van der Waals surface area contributed by atoms with Crippen LogP contribution in [0.25, 0.3) is 10.8 Å². The molecule has 0 aliphatic heterocycles. The Hall–Kier alpha value is -2.94. The first-order valence-electron chi connectivity index (χ1n) is 11.9. The maximum atomic E-state index is 13.4. The van der Waals surface area contributed by atoms with Crippen LogP contribution in [0.5, 0.6) is 0 Å². The number of carbonyl (C=O) groups excluding carboxylic acids is 2. The Bertz CT molecular complexity index is 1330. The molecule has 0 fully saturated rings. The Morgan fingerprint density at radius 3 is 2.42 bits per heavy atom. The van der Waals surface area contributed by atoms with Crippen LogP contribution in [0.15, 0.2) is 71.6 Å². The minimum Gasteiger partial charge on any atom is -0.354 e. The molecule has 0 heterocycles. The van der Waals surface area contributed by atoms with Gasteiger partial charge in [-0.1, -0.05) is 67.4 Å². The second-order valence-corrected chi connectivity index (χ2v) is 11.2. The lowest BCUT2D eigenvalue weighted by Gasteiger charge is -2.30. The van der Waals surface area contributed by atoms with Crippen molar-refractivity contribution in [3.8, 4) is 0 Å². The van der Waals surface area contributed by atoms with Gasteiger partial charge in [0.1, 0.15) is 6.04 Å². The molecule has 0 unspecified atom stereocenters. The zero-order valence-electron chi connectivity index (χ0n) is 20.8. The Morgan fingerprint density at radius 1 is 1.00 bits per heavy atom. The van der Waals surface area contributed by atoms with Crippen LogP contribution in [0, 0.1) is 0 Å². The normalized spacial score (nSPS) is 12.5. The Kier molecular flexibility index (Phi) is 9.48. The molecule has 3 aromatic rings. The molecular weight excluding hydrogens is 498 g/mol. The first-order valence-corrected chi connectivity index (χ1v) is 13.7. The quantitative estimate of drug-likeness (QED) is 0.372. The van der Waals surface area contributed by atoms with Crippen LogP contribution in [-0.4, -0.2) is 55.6 Å². The van der Waals surface area contributed by atoms with E-state index in [2.05, 4.69) is 5.32 Å². The van der Waals surface area contributed by atoms with Crippen LogP contribution in [0.2, 0.25) is 5.02 Å². The number of nitrogens with one attached hydrogen (secondary N) is 1. The number of sulfonamides is 1. The molecule has 0 saturated carbocycles. The highest BCUT2D eigenvalue weighted by Crippen LogP contribution is 2.22. The largest absolute Gasteiger partial charge is 0.354 e. The van der Waals surface area contributed by atoms with E-state index in [1.165, 1.54) is 18.0 Å². The number of benzene rings is 3. The number of fused-ring (bicyclic) bond motifs is 1. The molecule has 0 aromatic heterocycles. The fourth-order valence-electron chi connectivity index (χ4n) is 3.82. The average molecular weight is 530 g/mol. The predicted molar refractivity (Wildman–Crippen MR) is 143 cm³/mol. The number of halogens is 1. The van der Waals surface area contributed by atoms with Crippen LogP contribution in [0.1, 0.15) is 32.3 Å². The van der Waals surface area contributed by atoms with Crippen LogP contribution < -0.4 is 5.32 Å². The summed E-state index contributed by atoms with van der Waals surface area (Å²) in [5, 5.41) is 5.07. The number of amides is 2. The molecule has 1 N–H and O–H groups in total. The molecule has 3 aromatic carbocycles. The van der Waals surface area contributed by atoms with E-state index in [4.69, 9.17) is 11.6 Å². The van der Waals surface area contributed by atoms with E-state index in [1.807, 2.05) is 37.3 Å². The van der Waals surface area contributed by atoms with Gasteiger partial charge >= 0.3 is 0 Å². The highest BCUT2D eigenvalue weighted by molar-refractivity contribution is 7.89. The topological polar surface area (TPSA) is 86.8 Å². The van der Waals surface area contributed by atoms with Gasteiger partial charge in [0.2, 0.25) is 21.8 Å². The summed E-state index contributed by atoms with van der Waals surface area (Å²) >= 11 is 6.12. The van der Waals surface area contributed by atoms with Gasteiger partial charge in [0.15, 0.2) is 0 Å². The van der Waals surface area contributed by atoms with Gasteiger partial charge in [0, 0.05) is 25.2 Å². The van der Waals surface area contributed by atoms with Crippen LogP contribution in [0.3, 0.4) is 0 Å². The highest BCUT2D eigenvalue weighted by Gasteiger charge is 2.30. The maximum Gasteiger partial charge on any atom is 0.243 e. The van der Waals surface area contributed by atoms with Crippen molar-refractivity contribution in [2.75, 3.05) is 20.1 Å². The summed E-state index contributed by atoms with van der Waals surface area (Å²) in [6.07, 6.45) is 1.75. The second-order valence-electron chi connectivity index (χ2n) is 8.74. The molecule has 1 atom stereocenters. The molecule has 9 heteroatoms. The Morgan fingerprint density at radius 2 is 1.72 bits per heavy atom. The zero-order valence-corrected chi connectivity index (χ0v) is 22.3. The number of rotatable bonds is 11. The van der Waals surface area contributed by atoms with Crippen molar-refractivity contribution < 1.29 is 18.0 Å². The molecule has 0 radical (unpaired) electrons. The van der Waals surface area contributed by atoms with E-state index in [1.54, 1.807) is 37.3 Å². The predicted octanol–water partition coefficient (Wildman–Crippen LogP) is 4.45. The molecule has 0 spiro atoms. The molecule has 7 nitrogen and oxygen atoms in total. The van der Waals surface area contributed by atoms with Gasteiger partial charge in [-0.2, -0.15) is 4.31 Å². The van der Waals surface area contributed by atoms with Gasteiger partial charge in [-0.05, 0) is 53.9 Å². The molecule has 0 aliphatic rings. The second kappa shape index (κ2) is 12.3. The minimum atomic E-state index is -3.94. The number of unbranched alkanes of at least 4 members (excludes halogenated alkanes) is 1. The first-order chi connectivity index (χ1) is 17.1. The van der Waals surface area contributed by atoms with Crippen LogP contribution in [0.4, 0.5) is 0 Å². The summed E-state index contributed by atoms with van der Waals surface area (Å²) in [6.45, 7) is 3.88. The van der Waals surface area contributed by atoms with E-state index >= 15 is 0 Å². The van der Waals surface area contributed by atoms with Crippen LogP contribution in [-0.2, 0) is 26.2 Å². The van der Waals surface area contributed by atoms with Crippen molar-refractivity contribution in [1.82, 2.24) is 14.5 Å². The summed E-state index contributed by atoms with van der Waals surface area (Å²) in [5.41, 5.74) is 0.740. The lowest BCUT2D eigenvalue weighted by atomic mass is 10.1. The van der Waals surface area contributed by atoms with E-state index in [0.717, 1.165) is 33.5 Å². The van der Waals surface area contributed by atoms with Crippen molar-refractivity contribution >= 4 is 44.2 Å². The minimum absolute atomic E-state index is 0.100. The van der Waals surface area contributed by atoms with Gasteiger partial charge in [0.05, 0.1) is 11.4 Å². The van der Waals surface area contributed by atoms with E-state index in [9.17, 15) is 18.0 Å². The maximum absolute atomic E-state index is 13.4. The smallest absolute Gasteiger partial charge is 0.243 e. The average Bonchev–Trinajstić information content (AvgIpc) is 2.86. The molecule has 192 valence electrons. The highest BCUT2D eigenvalue weighted by atomic mass is 35.5. The summed E-state index contributed by atoms with van der Waals surface area (Å²) in [5.74, 6) is -0.779. The fraction of sp³-hybridized carbons (Fsp3) is 0.333. The lowest BCUT2D eigenvalue weighted by Crippen LogP contribution is -2.50. The van der Waals surface area contributed by atoms with Crippen LogP contribution >= 0.6 is 11.6 Å². The third-order valence-corrected chi connectivity index (χ3v) is 8.06. The van der Waals surface area contributed by atoms with Crippen molar-refractivity contribution in [3.05, 3.63) is 77.3 Å². The summed E-state index contributed by atoms with van der Waals surface area (Å²) in [6, 6.07) is 18.6. The molecule has 36 heavy (non-hydrogen) atoms. The first kappa shape index (κ1) is 27.6. The summed E-state index contributed by atoms with van der Waals surface area (Å²) < 4.78 is 27.6. The Balaban J connectivity index is 1.82. The van der Waals surface area contributed by atoms with Gasteiger partial charge in [-0.3, -0.25) is 9.59 Å². The molecule has 3 rings (SSSR count). The van der Waals surface area contributed by atoms with E-state index in [0.29, 0.717) is 11.6 Å². The number of likely N-dealkylation sites (N-methyl/N-ethyl adjacent to an activating group) is 1. The van der Waals surface area contributed by atoms with Gasteiger partial charge in [-0.15, -0.1) is 0 Å². The number of hydrogen-bond acceptors (Lipinski definition) is 4. The van der Waals surface area contributed by atoms with E-state index in [-0.39, 0.29) is 17.3 Å². The van der Waals surface area contributed by atoms with Crippen molar-refractivity contribution in [2.45, 2.75) is 44.2 Å². The SMILES string of the molecule is CCCCNC(=O)[C@@H](C)N(Cc1cccc(Cl)c1)C(=O)CN(C)S(=O)(=O)c1ccc2ccccc2c1. The zero-order chi connectivity index (χ0) is 26.3. The molecule has 0 saturated heterocycles. The van der Waals surface area contributed by atoms with E-state index < -0.39 is 28.5 Å². The summed E-state index contributed by atoms with van der Waals surface area (Å²) in [7, 11) is -2.57. The van der Waals surface area contributed by atoms with Gasteiger partial charge < -0.3 is 10.2 Å². The fourth-order valence-corrected chi connectivity index (χ4v) is 5.19. The number of hydrogen-bond donors (Lipinski definition) is 1. The molecule has 0 bridgehead atoms. The lowest BCUT2D eigenvalue weighted by molar-refractivity contribution is -0.140. The van der Waals surface area contributed by atoms with Crippen molar-refractivity contribution in [1.29, 1.82) is 0 Å². The molecular formula is C27H32ClN3O4S. The number of carbonyl (C=O) groups is 2. The standard InChI is InChI=1S/C27H32ClN3O4S/c1-4-5-15-29-27(33)20(2)31(18-21-9-8-12-24(28)16-21)26(32)19-30(3)36(34,35)25-14-13-22-10-6-7-11-23(22)17-25/h6-14,16-17,20H,4-5,15,18-19H2,1-3H3,(H,29,33)/t20-/m1/s1. The third-order valence-electron chi connectivity index (χ3n) is 6.03. The van der Waals surface area contributed by atoms with Crippen molar-refractivity contribution in [2.24, 2.45) is 0 Å². The Labute approximate surface area is 218 Å².